The van der Waals surface area contributed by atoms with Crippen LogP contribution in [0.4, 0.5) is 0 Å². The number of amides is 1. The van der Waals surface area contributed by atoms with Gasteiger partial charge < -0.3 is 10.4 Å². The number of hydrogen-bond acceptors (Lipinski definition) is 3. The van der Waals surface area contributed by atoms with Gasteiger partial charge in [-0.15, -0.1) is 0 Å². The van der Waals surface area contributed by atoms with E-state index in [0.29, 0.717) is 19.4 Å². The highest BCUT2D eigenvalue weighted by atomic mass is 32.1. The molecule has 1 heterocycles. The summed E-state index contributed by atoms with van der Waals surface area (Å²) in [7, 11) is 0. The predicted octanol–water partition coefficient (Wildman–Crippen LogP) is 2.74. The Morgan fingerprint density at radius 2 is 2.00 bits per heavy atom. The summed E-state index contributed by atoms with van der Waals surface area (Å²) in [6.45, 7) is 0.519. The normalized spacial score (nSPS) is 10.3. The second-order valence-corrected chi connectivity index (χ2v) is 5.52. The molecule has 2 N–H and O–H groups in total. The molecule has 1 aromatic carbocycles. The molecule has 2 rings (SSSR count). The maximum atomic E-state index is 11.7. The number of nitrogens with one attached hydrogen (secondary N) is 1. The standard InChI is InChI=1S/C16H17NO3S/c18-15(5-4-13-7-9-21-11-13)17-8-6-12-2-1-3-14(10-12)16(19)20/h1-3,7,9-11H,4-6,8H2,(H,17,18)(H,19,20). The van der Waals surface area contributed by atoms with Gasteiger partial charge in [-0.1, -0.05) is 12.1 Å². The van der Waals surface area contributed by atoms with E-state index in [4.69, 9.17) is 5.11 Å². The number of aromatic carboxylic acids is 1. The Morgan fingerprint density at radius 1 is 1.14 bits per heavy atom. The number of aryl methyl sites for hydroxylation is 1. The molecule has 0 aliphatic carbocycles. The van der Waals surface area contributed by atoms with Crippen LogP contribution >= 0.6 is 11.3 Å². The number of benzene rings is 1. The third-order valence-corrected chi connectivity index (χ3v) is 3.86. The van der Waals surface area contributed by atoms with Gasteiger partial charge in [-0.3, -0.25) is 4.79 Å². The van der Waals surface area contributed by atoms with E-state index < -0.39 is 5.97 Å². The average molecular weight is 303 g/mol. The number of rotatable bonds is 7. The van der Waals surface area contributed by atoms with Crippen molar-refractivity contribution in [1.82, 2.24) is 5.32 Å². The summed E-state index contributed by atoms with van der Waals surface area (Å²) in [5.74, 6) is -0.910. The molecule has 21 heavy (non-hydrogen) atoms. The lowest BCUT2D eigenvalue weighted by atomic mass is 10.1. The van der Waals surface area contributed by atoms with Crippen LogP contribution in [0.1, 0.15) is 27.9 Å². The number of thiophene rings is 1. The highest BCUT2D eigenvalue weighted by Crippen LogP contribution is 2.08. The number of carbonyl (C=O) groups excluding carboxylic acids is 1. The van der Waals surface area contributed by atoms with Gasteiger partial charge in [-0.2, -0.15) is 11.3 Å². The van der Waals surface area contributed by atoms with E-state index in [-0.39, 0.29) is 11.5 Å². The van der Waals surface area contributed by atoms with Gasteiger partial charge in [-0.05, 0) is 52.9 Å². The number of carboxylic acids is 1. The van der Waals surface area contributed by atoms with Crippen molar-refractivity contribution < 1.29 is 14.7 Å². The molecule has 0 unspecified atom stereocenters. The van der Waals surface area contributed by atoms with Gasteiger partial charge in [0.15, 0.2) is 0 Å². The van der Waals surface area contributed by atoms with Gasteiger partial charge in [0.1, 0.15) is 0 Å². The first-order valence-corrected chi connectivity index (χ1v) is 7.69. The molecule has 0 spiro atoms. The largest absolute Gasteiger partial charge is 0.478 e. The zero-order valence-electron chi connectivity index (χ0n) is 11.5. The molecule has 0 saturated heterocycles. The van der Waals surface area contributed by atoms with E-state index in [0.717, 1.165) is 12.0 Å². The summed E-state index contributed by atoms with van der Waals surface area (Å²) in [5.41, 5.74) is 2.37. The van der Waals surface area contributed by atoms with Crippen LogP contribution in [0.15, 0.2) is 41.1 Å². The Hall–Kier alpha value is -2.14. The molecular weight excluding hydrogens is 286 g/mol. The summed E-state index contributed by atoms with van der Waals surface area (Å²) in [6, 6.07) is 8.81. The molecule has 0 radical (unpaired) electrons. The molecule has 0 atom stereocenters. The number of carbonyl (C=O) groups is 2. The van der Waals surface area contributed by atoms with Crippen LogP contribution in [0.5, 0.6) is 0 Å². The lowest BCUT2D eigenvalue weighted by Crippen LogP contribution is -2.25. The van der Waals surface area contributed by atoms with Crippen molar-refractivity contribution in [2.24, 2.45) is 0 Å². The van der Waals surface area contributed by atoms with Gasteiger partial charge >= 0.3 is 5.97 Å². The van der Waals surface area contributed by atoms with Crippen LogP contribution in [0.2, 0.25) is 0 Å². The number of carboxylic acid groups (broad SMARTS) is 1. The minimum atomic E-state index is -0.934. The summed E-state index contributed by atoms with van der Waals surface area (Å²) in [5, 5.41) is 15.8. The first-order valence-electron chi connectivity index (χ1n) is 6.75. The first kappa shape index (κ1) is 15.3. The molecule has 0 fully saturated rings. The monoisotopic (exact) mass is 303 g/mol. The third-order valence-electron chi connectivity index (χ3n) is 3.13. The van der Waals surface area contributed by atoms with Crippen LogP contribution < -0.4 is 5.32 Å². The highest BCUT2D eigenvalue weighted by Gasteiger charge is 2.05. The summed E-state index contributed by atoms with van der Waals surface area (Å²) in [6.07, 6.45) is 1.86. The predicted molar refractivity (Wildman–Crippen MR) is 82.8 cm³/mol. The quantitative estimate of drug-likeness (QED) is 0.826. The minimum Gasteiger partial charge on any atom is -0.478 e. The molecule has 110 valence electrons. The zero-order valence-corrected chi connectivity index (χ0v) is 12.4. The maximum Gasteiger partial charge on any atom is 0.335 e. The Bertz CT molecular complexity index is 608. The lowest BCUT2D eigenvalue weighted by molar-refractivity contribution is -0.121. The van der Waals surface area contributed by atoms with Gasteiger partial charge in [0.25, 0.3) is 0 Å². The Balaban J connectivity index is 1.72. The topological polar surface area (TPSA) is 66.4 Å². The molecule has 0 aliphatic rings. The Kier molecular flexibility index (Phi) is 5.51. The van der Waals surface area contributed by atoms with Crippen LogP contribution in [0, 0.1) is 0 Å². The van der Waals surface area contributed by atoms with E-state index in [1.165, 1.54) is 5.56 Å². The number of hydrogen-bond donors (Lipinski definition) is 2. The van der Waals surface area contributed by atoms with Gasteiger partial charge in [0.2, 0.25) is 5.91 Å². The van der Waals surface area contributed by atoms with E-state index in [9.17, 15) is 9.59 Å². The summed E-state index contributed by atoms with van der Waals surface area (Å²) < 4.78 is 0. The van der Waals surface area contributed by atoms with Gasteiger partial charge in [-0.25, -0.2) is 4.79 Å². The van der Waals surface area contributed by atoms with Crippen molar-refractivity contribution in [3.8, 4) is 0 Å². The fourth-order valence-electron chi connectivity index (χ4n) is 1.99. The van der Waals surface area contributed by atoms with Gasteiger partial charge in [0.05, 0.1) is 5.56 Å². The molecule has 0 aliphatic heterocycles. The average Bonchev–Trinajstić information content (AvgIpc) is 2.99. The first-order chi connectivity index (χ1) is 10.1. The minimum absolute atomic E-state index is 0.0237. The lowest BCUT2D eigenvalue weighted by Gasteiger charge is -2.06. The molecule has 5 heteroatoms. The van der Waals surface area contributed by atoms with E-state index >= 15 is 0 Å². The Labute approximate surface area is 127 Å². The Morgan fingerprint density at radius 3 is 2.71 bits per heavy atom. The highest BCUT2D eigenvalue weighted by molar-refractivity contribution is 7.07. The van der Waals surface area contributed by atoms with Crippen LogP contribution in [-0.2, 0) is 17.6 Å². The van der Waals surface area contributed by atoms with Crippen molar-refractivity contribution in [3.63, 3.8) is 0 Å². The van der Waals surface area contributed by atoms with Crippen molar-refractivity contribution >= 4 is 23.2 Å². The van der Waals surface area contributed by atoms with E-state index in [1.807, 2.05) is 22.9 Å². The van der Waals surface area contributed by atoms with Crippen LogP contribution in [-0.4, -0.2) is 23.5 Å². The molecule has 0 saturated carbocycles. The van der Waals surface area contributed by atoms with Crippen LogP contribution in [0.25, 0.3) is 0 Å². The molecule has 4 nitrogen and oxygen atoms in total. The van der Waals surface area contributed by atoms with Crippen LogP contribution in [0.3, 0.4) is 0 Å². The second kappa shape index (κ2) is 7.59. The summed E-state index contributed by atoms with van der Waals surface area (Å²) in [4.78, 5) is 22.6. The fourth-order valence-corrected chi connectivity index (χ4v) is 2.69. The molecule has 1 amide bonds. The fraction of sp³-hybridized carbons (Fsp3) is 0.250. The van der Waals surface area contributed by atoms with Gasteiger partial charge in [0, 0.05) is 13.0 Å². The second-order valence-electron chi connectivity index (χ2n) is 4.74. The molecular formula is C16H17NO3S. The smallest absolute Gasteiger partial charge is 0.335 e. The summed E-state index contributed by atoms with van der Waals surface area (Å²) >= 11 is 1.63. The van der Waals surface area contributed by atoms with Crippen molar-refractivity contribution in [3.05, 3.63) is 57.8 Å². The van der Waals surface area contributed by atoms with Crippen molar-refractivity contribution in [1.29, 1.82) is 0 Å². The van der Waals surface area contributed by atoms with E-state index in [2.05, 4.69) is 5.32 Å². The maximum absolute atomic E-state index is 11.7. The molecule has 2 aromatic rings. The van der Waals surface area contributed by atoms with E-state index in [1.54, 1.807) is 29.5 Å². The zero-order chi connectivity index (χ0) is 15.1. The van der Waals surface area contributed by atoms with Crippen molar-refractivity contribution in [2.45, 2.75) is 19.3 Å². The molecule has 1 aromatic heterocycles. The third kappa shape index (κ3) is 5.04. The van der Waals surface area contributed by atoms with Crippen molar-refractivity contribution in [2.75, 3.05) is 6.54 Å². The SMILES string of the molecule is O=C(CCc1ccsc1)NCCc1cccc(C(=O)O)c1. The molecule has 0 bridgehead atoms.